The summed E-state index contributed by atoms with van der Waals surface area (Å²) >= 11 is 0. The fraction of sp³-hybridized carbons (Fsp3) is 0.375. The van der Waals surface area contributed by atoms with Gasteiger partial charge in [0, 0.05) is 23.9 Å². The predicted molar refractivity (Wildman–Crippen MR) is 84.0 cm³/mol. The summed E-state index contributed by atoms with van der Waals surface area (Å²) in [6.45, 7) is 3.74. The molecule has 1 aromatic rings. The molecule has 21 heavy (non-hydrogen) atoms. The van der Waals surface area contributed by atoms with E-state index in [1.54, 1.807) is 31.2 Å². The standard InChI is InChI=1S/C16H22N2O3/c1-4-5-9-15(19)17-13-7-6-8-14(11-13)18-16(20)10-12(2)21-3/h6-8,10-11H,4-5,9H2,1-3H3,(H,17,19)(H,18,20)/b12-10-. The second kappa shape index (κ2) is 8.79. The van der Waals surface area contributed by atoms with Crippen LogP contribution in [0.1, 0.15) is 33.1 Å². The van der Waals surface area contributed by atoms with E-state index in [1.165, 1.54) is 13.2 Å². The molecular formula is C16H22N2O3. The number of unbranched alkanes of at least 4 members (excludes halogenated alkanes) is 1. The first-order valence-electron chi connectivity index (χ1n) is 6.98. The van der Waals surface area contributed by atoms with E-state index in [1.807, 2.05) is 6.92 Å². The van der Waals surface area contributed by atoms with Crippen LogP contribution in [0.15, 0.2) is 36.1 Å². The molecule has 5 nitrogen and oxygen atoms in total. The second-order valence-corrected chi connectivity index (χ2v) is 4.68. The van der Waals surface area contributed by atoms with E-state index in [0.717, 1.165) is 12.8 Å². The van der Waals surface area contributed by atoms with E-state index in [4.69, 9.17) is 4.74 Å². The molecule has 0 radical (unpaired) electrons. The number of hydrogen-bond donors (Lipinski definition) is 2. The van der Waals surface area contributed by atoms with E-state index in [2.05, 4.69) is 10.6 Å². The van der Waals surface area contributed by atoms with Gasteiger partial charge in [-0.15, -0.1) is 0 Å². The smallest absolute Gasteiger partial charge is 0.251 e. The van der Waals surface area contributed by atoms with Gasteiger partial charge >= 0.3 is 0 Å². The maximum atomic E-state index is 11.7. The van der Waals surface area contributed by atoms with Crippen molar-refractivity contribution in [3.8, 4) is 0 Å². The van der Waals surface area contributed by atoms with Crippen LogP contribution >= 0.6 is 0 Å². The number of rotatable bonds is 7. The minimum absolute atomic E-state index is 0.0181. The van der Waals surface area contributed by atoms with Gasteiger partial charge in [0.15, 0.2) is 0 Å². The summed E-state index contributed by atoms with van der Waals surface area (Å²) in [6.07, 6.45) is 3.72. The summed E-state index contributed by atoms with van der Waals surface area (Å²) in [7, 11) is 1.51. The summed E-state index contributed by atoms with van der Waals surface area (Å²) < 4.78 is 4.92. The molecule has 0 aliphatic rings. The van der Waals surface area contributed by atoms with Crippen molar-refractivity contribution in [2.75, 3.05) is 17.7 Å². The Morgan fingerprint density at radius 1 is 1.24 bits per heavy atom. The van der Waals surface area contributed by atoms with Crippen LogP contribution in [0, 0.1) is 0 Å². The highest BCUT2D eigenvalue weighted by molar-refractivity contribution is 6.00. The van der Waals surface area contributed by atoms with Crippen molar-refractivity contribution < 1.29 is 14.3 Å². The van der Waals surface area contributed by atoms with Gasteiger partial charge in [-0.25, -0.2) is 0 Å². The SMILES string of the molecule is CCCCC(=O)Nc1cccc(NC(=O)/C=C(/C)OC)c1. The number of allylic oxidation sites excluding steroid dienone is 1. The van der Waals surface area contributed by atoms with Crippen LogP contribution in [0.25, 0.3) is 0 Å². The highest BCUT2D eigenvalue weighted by Crippen LogP contribution is 2.16. The normalized spacial score (nSPS) is 10.9. The number of nitrogens with one attached hydrogen (secondary N) is 2. The number of carbonyl (C=O) groups is 2. The van der Waals surface area contributed by atoms with Crippen molar-refractivity contribution in [2.45, 2.75) is 33.1 Å². The molecule has 0 bridgehead atoms. The molecule has 0 atom stereocenters. The topological polar surface area (TPSA) is 67.4 Å². The molecule has 2 amide bonds. The maximum Gasteiger partial charge on any atom is 0.251 e. The molecule has 0 unspecified atom stereocenters. The van der Waals surface area contributed by atoms with Gasteiger partial charge in [0.05, 0.1) is 12.9 Å². The van der Waals surface area contributed by atoms with Gasteiger partial charge in [0.2, 0.25) is 5.91 Å². The first-order valence-corrected chi connectivity index (χ1v) is 6.98. The predicted octanol–water partition coefficient (Wildman–Crippen LogP) is 3.30. The van der Waals surface area contributed by atoms with Gasteiger partial charge in [-0.3, -0.25) is 9.59 Å². The van der Waals surface area contributed by atoms with Crippen molar-refractivity contribution in [1.82, 2.24) is 0 Å². The number of hydrogen-bond acceptors (Lipinski definition) is 3. The average molecular weight is 290 g/mol. The van der Waals surface area contributed by atoms with E-state index < -0.39 is 0 Å². The number of methoxy groups -OCH3 is 1. The fourth-order valence-electron chi connectivity index (χ4n) is 1.66. The van der Waals surface area contributed by atoms with E-state index in [0.29, 0.717) is 23.6 Å². The van der Waals surface area contributed by atoms with Gasteiger partial charge in [-0.05, 0) is 31.5 Å². The zero-order valence-electron chi connectivity index (χ0n) is 12.7. The van der Waals surface area contributed by atoms with Gasteiger partial charge < -0.3 is 15.4 Å². The first-order chi connectivity index (χ1) is 10.0. The van der Waals surface area contributed by atoms with Gasteiger partial charge in [-0.1, -0.05) is 19.4 Å². The summed E-state index contributed by atoms with van der Waals surface area (Å²) in [4.78, 5) is 23.4. The Hall–Kier alpha value is -2.30. The number of amides is 2. The van der Waals surface area contributed by atoms with Gasteiger partial charge in [0.25, 0.3) is 5.91 Å². The Bertz CT molecular complexity index is 524. The Labute approximate surface area is 125 Å². The summed E-state index contributed by atoms with van der Waals surface area (Å²) in [5.41, 5.74) is 1.29. The molecule has 0 aliphatic carbocycles. The second-order valence-electron chi connectivity index (χ2n) is 4.68. The molecule has 0 spiro atoms. The van der Waals surface area contributed by atoms with Crippen molar-refractivity contribution in [2.24, 2.45) is 0 Å². The molecule has 0 aromatic heterocycles. The lowest BCUT2D eigenvalue weighted by atomic mass is 10.2. The van der Waals surface area contributed by atoms with Crippen molar-refractivity contribution >= 4 is 23.2 Å². The van der Waals surface area contributed by atoms with Crippen LogP contribution in [-0.2, 0) is 14.3 Å². The number of benzene rings is 1. The lowest BCUT2D eigenvalue weighted by Crippen LogP contribution is -2.12. The molecular weight excluding hydrogens is 268 g/mol. The van der Waals surface area contributed by atoms with Crippen LogP contribution in [0.2, 0.25) is 0 Å². The highest BCUT2D eigenvalue weighted by atomic mass is 16.5. The Morgan fingerprint density at radius 2 is 1.90 bits per heavy atom. The molecule has 0 saturated carbocycles. The summed E-state index contributed by atoms with van der Waals surface area (Å²) in [6, 6.07) is 7.04. The fourth-order valence-corrected chi connectivity index (χ4v) is 1.66. The molecule has 2 N–H and O–H groups in total. The molecule has 0 aliphatic heterocycles. The number of carbonyl (C=O) groups excluding carboxylic acids is 2. The van der Waals surface area contributed by atoms with Gasteiger partial charge in [-0.2, -0.15) is 0 Å². The minimum Gasteiger partial charge on any atom is -0.501 e. The Balaban J connectivity index is 2.64. The number of anilines is 2. The largest absolute Gasteiger partial charge is 0.501 e. The van der Waals surface area contributed by atoms with Crippen molar-refractivity contribution in [1.29, 1.82) is 0 Å². The van der Waals surface area contributed by atoms with Crippen LogP contribution in [0.5, 0.6) is 0 Å². The van der Waals surface area contributed by atoms with Crippen molar-refractivity contribution in [3.63, 3.8) is 0 Å². The third-order valence-corrected chi connectivity index (χ3v) is 2.83. The Morgan fingerprint density at radius 3 is 2.52 bits per heavy atom. The lowest BCUT2D eigenvalue weighted by molar-refractivity contribution is -0.116. The van der Waals surface area contributed by atoms with Crippen LogP contribution in [-0.4, -0.2) is 18.9 Å². The summed E-state index contributed by atoms with van der Waals surface area (Å²) in [5.74, 6) is 0.232. The monoisotopic (exact) mass is 290 g/mol. The molecule has 0 heterocycles. The van der Waals surface area contributed by atoms with E-state index >= 15 is 0 Å². The van der Waals surface area contributed by atoms with Crippen LogP contribution in [0.3, 0.4) is 0 Å². The highest BCUT2D eigenvalue weighted by Gasteiger charge is 2.04. The third-order valence-electron chi connectivity index (χ3n) is 2.83. The van der Waals surface area contributed by atoms with E-state index in [9.17, 15) is 9.59 Å². The zero-order chi connectivity index (χ0) is 15.7. The maximum absolute atomic E-state index is 11.7. The van der Waals surface area contributed by atoms with Crippen molar-refractivity contribution in [3.05, 3.63) is 36.1 Å². The number of ether oxygens (including phenoxy) is 1. The lowest BCUT2D eigenvalue weighted by Gasteiger charge is -2.08. The van der Waals surface area contributed by atoms with Crippen LogP contribution in [0.4, 0.5) is 11.4 Å². The summed E-state index contributed by atoms with van der Waals surface area (Å²) in [5, 5.41) is 5.53. The van der Waals surface area contributed by atoms with E-state index in [-0.39, 0.29) is 11.8 Å². The van der Waals surface area contributed by atoms with Crippen LogP contribution < -0.4 is 10.6 Å². The molecule has 0 fully saturated rings. The Kier molecular flexibility index (Phi) is 7.01. The molecule has 0 saturated heterocycles. The van der Waals surface area contributed by atoms with Gasteiger partial charge in [0.1, 0.15) is 0 Å². The minimum atomic E-state index is -0.274. The first kappa shape index (κ1) is 16.8. The molecule has 1 rings (SSSR count). The molecule has 1 aromatic carbocycles. The zero-order valence-corrected chi connectivity index (χ0v) is 12.7. The molecule has 114 valence electrons. The third kappa shape index (κ3) is 6.61. The average Bonchev–Trinajstić information content (AvgIpc) is 2.45. The molecule has 5 heteroatoms. The quantitative estimate of drug-likeness (QED) is 0.598.